The molecule has 1 amide bonds. The molecule has 0 fully saturated rings. The van der Waals surface area contributed by atoms with Crippen LogP contribution in [0.5, 0.6) is 0 Å². The summed E-state index contributed by atoms with van der Waals surface area (Å²) >= 11 is 1.21. The monoisotopic (exact) mass is 331 g/mol. The molecular weight excluding hydrogens is 310 g/mol. The molecule has 0 spiro atoms. The van der Waals surface area contributed by atoms with Crippen molar-refractivity contribution in [3.63, 3.8) is 0 Å². The van der Waals surface area contributed by atoms with Gasteiger partial charge in [0, 0.05) is 17.4 Å². The van der Waals surface area contributed by atoms with Gasteiger partial charge in [0.05, 0.1) is 5.75 Å². The van der Waals surface area contributed by atoms with E-state index in [1.54, 1.807) is 6.92 Å². The highest BCUT2D eigenvalue weighted by Crippen LogP contribution is 2.14. The first-order valence-corrected chi connectivity index (χ1v) is 8.65. The minimum atomic E-state index is -0.205. The van der Waals surface area contributed by atoms with Crippen LogP contribution >= 0.6 is 11.8 Å². The number of unbranched alkanes of at least 4 members (excludes halogenated alkanes) is 1. The van der Waals surface area contributed by atoms with E-state index in [-0.39, 0.29) is 17.2 Å². The number of anilines is 1. The average molecular weight is 331 g/mol. The van der Waals surface area contributed by atoms with E-state index in [9.17, 15) is 9.59 Å². The van der Waals surface area contributed by atoms with Crippen molar-refractivity contribution in [1.29, 1.82) is 0 Å². The van der Waals surface area contributed by atoms with Crippen LogP contribution in [0.2, 0.25) is 0 Å². The van der Waals surface area contributed by atoms with Crippen LogP contribution in [-0.4, -0.2) is 21.6 Å². The molecule has 2 aromatic rings. The van der Waals surface area contributed by atoms with Gasteiger partial charge in [0.1, 0.15) is 0 Å². The lowest BCUT2D eigenvalue weighted by molar-refractivity contribution is -0.113. The molecule has 0 atom stereocenters. The summed E-state index contributed by atoms with van der Waals surface area (Å²) in [5.41, 5.74) is 2.49. The van der Waals surface area contributed by atoms with E-state index in [4.69, 9.17) is 0 Å². The Morgan fingerprint density at radius 2 is 2.04 bits per heavy atom. The van der Waals surface area contributed by atoms with Crippen LogP contribution in [0.4, 0.5) is 5.69 Å². The number of carbonyl (C=O) groups is 1. The van der Waals surface area contributed by atoms with E-state index in [1.165, 1.54) is 36.2 Å². The molecule has 0 aliphatic carbocycles. The number of rotatable bonds is 7. The second kappa shape index (κ2) is 8.53. The molecule has 5 nitrogen and oxygen atoms in total. The minimum absolute atomic E-state index is 0.125. The molecule has 0 saturated heterocycles. The van der Waals surface area contributed by atoms with Crippen molar-refractivity contribution in [1.82, 2.24) is 9.97 Å². The summed E-state index contributed by atoms with van der Waals surface area (Å²) in [6, 6.07) is 9.33. The Hall–Kier alpha value is -2.08. The molecule has 2 rings (SSSR count). The molecule has 0 bridgehead atoms. The largest absolute Gasteiger partial charge is 0.325 e. The van der Waals surface area contributed by atoms with Gasteiger partial charge in [-0.3, -0.25) is 9.59 Å². The fraction of sp³-hybridized carbons (Fsp3) is 0.353. The van der Waals surface area contributed by atoms with Crippen molar-refractivity contribution in [3.8, 4) is 0 Å². The summed E-state index contributed by atoms with van der Waals surface area (Å²) in [6.07, 6.45) is 3.40. The first-order chi connectivity index (χ1) is 11.1. The maximum Gasteiger partial charge on any atom is 0.251 e. The van der Waals surface area contributed by atoms with Crippen LogP contribution in [0.3, 0.4) is 0 Å². The van der Waals surface area contributed by atoms with Gasteiger partial charge >= 0.3 is 0 Å². The predicted octanol–water partition coefficient (Wildman–Crippen LogP) is 3.15. The number of carbonyl (C=O) groups excluding carboxylic acids is 1. The van der Waals surface area contributed by atoms with Crippen LogP contribution in [0.15, 0.2) is 40.3 Å². The highest BCUT2D eigenvalue weighted by Gasteiger charge is 2.06. The third-order valence-corrected chi connectivity index (χ3v) is 4.12. The van der Waals surface area contributed by atoms with Crippen molar-refractivity contribution in [3.05, 3.63) is 51.9 Å². The van der Waals surface area contributed by atoms with Gasteiger partial charge in [-0.05, 0) is 37.5 Å². The Morgan fingerprint density at radius 1 is 1.30 bits per heavy atom. The minimum Gasteiger partial charge on any atom is -0.325 e. The number of benzene rings is 1. The standard InChI is InChI=1S/C17H21N3O2S/c1-3-4-5-13-6-8-14(9-7-13)19-16(22)11-23-17-18-12(2)10-15(21)20-17/h6-10H,3-5,11H2,1-2H3,(H,19,22)(H,18,20,21). The van der Waals surface area contributed by atoms with E-state index >= 15 is 0 Å². The normalized spacial score (nSPS) is 10.5. The Balaban J connectivity index is 1.85. The van der Waals surface area contributed by atoms with Crippen LogP contribution in [0, 0.1) is 6.92 Å². The van der Waals surface area contributed by atoms with E-state index in [1.807, 2.05) is 24.3 Å². The number of hydrogen-bond acceptors (Lipinski definition) is 4. The second-order valence-corrected chi connectivity index (χ2v) is 6.29. The van der Waals surface area contributed by atoms with Gasteiger partial charge in [-0.1, -0.05) is 37.2 Å². The number of nitrogens with zero attached hydrogens (tertiary/aromatic N) is 1. The highest BCUT2D eigenvalue weighted by molar-refractivity contribution is 7.99. The maximum atomic E-state index is 12.0. The second-order valence-electron chi connectivity index (χ2n) is 5.33. The van der Waals surface area contributed by atoms with Gasteiger partial charge in [-0.2, -0.15) is 0 Å². The zero-order valence-corrected chi connectivity index (χ0v) is 14.2. The first kappa shape index (κ1) is 17.3. The molecule has 0 radical (unpaired) electrons. The Kier molecular flexibility index (Phi) is 6.40. The molecule has 1 aromatic heterocycles. The lowest BCUT2D eigenvalue weighted by Crippen LogP contribution is -2.15. The summed E-state index contributed by atoms with van der Waals surface area (Å²) in [4.78, 5) is 30.1. The van der Waals surface area contributed by atoms with Crippen LogP contribution in [0.1, 0.15) is 31.0 Å². The fourth-order valence-electron chi connectivity index (χ4n) is 2.09. The van der Waals surface area contributed by atoms with Crippen LogP contribution in [-0.2, 0) is 11.2 Å². The number of aromatic amines is 1. The highest BCUT2D eigenvalue weighted by atomic mass is 32.2. The number of H-pyrrole nitrogens is 1. The summed E-state index contributed by atoms with van der Waals surface area (Å²) in [5, 5.41) is 3.30. The smallest absolute Gasteiger partial charge is 0.251 e. The summed E-state index contributed by atoms with van der Waals surface area (Å²) in [5.74, 6) is 0.0738. The molecule has 6 heteroatoms. The Bertz CT molecular complexity index is 711. The number of nitrogens with one attached hydrogen (secondary N) is 2. The van der Waals surface area contributed by atoms with Crippen molar-refractivity contribution in [2.75, 3.05) is 11.1 Å². The molecule has 0 aliphatic heterocycles. The zero-order valence-electron chi connectivity index (χ0n) is 13.4. The first-order valence-electron chi connectivity index (χ1n) is 7.66. The third-order valence-electron chi connectivity index (χ3n) is 3.24. The number of hydrogen-bond donors (Lipinski definition) is 2. The van der Waals surface area contributed by atoms with Crippen molar-refractivity contribution < 1.29 is 4.79 Å². The topological polar surface area (TPSA) is 74.8 Å². The molecule has 0 saturated carbocycles. The fourth-order valence-corrected chi connectivity index (χ4v) is 2.81. The molecule has 122 valence electrons. The van der Waals surface area contributed by atoms with E-state index < -0.39 is 0 Å². The predicted molar refractivity (Wildman–Crippen MR) is 94.0 cm³/mol. The molecule has 23 heavy (non-hydrogen) atoms. The maximum absolute atomic E-state index is 12.0. The van der Waals surface area contributed by atoms with Crippen LogP contribution in [0.25, 0.3) is 0 Å². The van der Waals surface area contributed by atoms with E-state index in [0.717, 1.165) is 12.1 Å². The molecule has 0 aliphatic rings. The molecule has 2 N–H and O–H groups in total. The van der Waals surface area contributed by atoms with Gasteiger partial charge < -0.3 is 10.3 Å². The number of thioether (sulfide) groups is 1. The summed E-state index contributed by atoms with van der Waals surface area (Å²) in [7, 11) is 0. The number of aryl methyl sites for hydroxylation is 2. The molecule has 1 heterocycles. The summed E-state index contributed by atoms with van der Waals surface area (Å²) in [6.45, 7) is 3.92. The quantitative estimate of drug-likeness (QED) is 0.604. The van der Waals surface area contributed by atoms with E-state index in [0.29, 0.717) is 10.9 Å². The SMILES string of the molecule is CCCCc1ccc(NC(=O)CSc2nc(C)cc(=O)[nH]2)cc1. The van der Waals surface area contributed by atoms with E-state index in [2.05, 4.69) is 22.2 Å². The number of aromatic nitrogens is 2. The van der Waals surface area contributed by atoms with Crippen molar-refractivity contribution in [2.24, 2.45) is 0 Å². The van der Waals surface area contributed by atoms with Gasteiger partial charge in [0.2, 0.25) is 5.91 Å². The lowest BCUT2D eigenvalue weighted by atomic mass is 10.1. The van der Waals surface area contributed by atoms with Gasteiger partial charge in [0.15, 0.2) is 5.16 Å². The molecular formula is C17H21N3O2S. The van der Waals surface area contributed by atoms with Crippen LogP contribution < -0.4 is 10.9 Å². The lowest BCUT2D eigenvalue weighted by Gasteiger charge is -2.06. The summed E-state index contributed by atoms with van der Waals surface area (Å²) < 4.78 is 0. The number of amides is 1. The average Bonchev–Trinajstić information content (AvgIpc) is 2.51. The van der Waals surface area contributed by atoms with Gasteiger partial charge in [-0.15, -0.1) is 0 Å². The third kappa shape index (κ3) is 5.90. The van der Waals surface area contributed by atoms with Gasteiger partial charge in [-0.25, -0.2) is 4.98 Å². The Morgan fingerprint density at radius 3 is 2.70 bits per heavy atom. The molecule has 1 aromatic carbocycles. The van der Waals surface area contributed by atoms with Crippen molar-refractivity contribution >= 4 is 23.4 Å². The zero-order chi connectivity index (χ0) is 16.7. The Labute approximate surface area is 139 Å². The molecule has 0 unspecified atom stereocenters. The van der Waals surface area contributed by atoms with Gasteiger partial charge in [0.25, 0.3) is 5.56 Å². The van der Waals surface area contributed by atoms with Crippen molar-refractivity contribution in [2.45, 2.75) is 38.3 Å².